The maximum absolute atomic E-state index is 11.5. The van der Waals surface area contributed by atoms with Crippen LogP contribution in [0, 0.1) is 6.92 Å². The van der Waals surface area contributed by atoms with E-state index in [0.29, 0.717) is 5.76 Å². The molecule has 0 aliphatic carbocycles. The van der Waals surface area contributed by atoms with Crippen molar-refractivity contribution in [2.24, 2.45) is 0 Å². The Balaban J connectivity index is 3.29. The molecular weight excluding hydrogens is 259 g/mol. The van der Waals surface area contributed by atoms with Gasteiger partial charge in [0, 0.05) is 0 Å². The van der Waals surface area contributed by atoms with Gasteiger partial charge >= 0.3 is 76.4 Å². The first-order valence-corrected chi connectivity index (χ1v) is 14.0. The molecule has 0 spiro atoms. The second-order valence-electron chi connectivity index (χ2n) is 4.02. The summed E-state index contributed by atoms with van der Waals surface area (Å²) in [7, 11) is 0. The molecule has 0 bridgehead atoms. The number of rotatable bonds is 1. The van der Waals surface area contributed by atoms with Crippen LogP contribution in [0.2, 0.25) is 14.8 Å². The van der Waals surface area contributed by atoms with E-state index in [4.69, 9.17) is 4.42 Å². The van der Waals surface area contributed by atoms with Crippen molar-refractivity contribution in [3.05, 3.63) is 28.3 Å². The molecule has 0 amide bonds. The van der Waals surface area contributed by atoms with Crippen LogP contribution >= 0.6 is 0 Å². The van der Waals surface area contributed by atoms with Gasteiger partial charge in [-0.2, -0.15) is 0 Å². The van der Waals surface area contributed by atoms with E-state index in [0.717, 1.165) is 3.58 Å². The summed E-state index contributed by atoms with van der Waals surface area (Å²) in [6.45, 7) is 1.80. The van der Waals surface area contributed by atoms with Gasteiger partial charge in [-0.15, -0.1) is 0 Å². The molecule has 0 aromatic carbocycles. The zero-order valence-electron chi connectivity index (χ0n) is 7.97. The third-order valence-corrected chi connectivity index (χ3v) is 7.42. The first-order chi connectivity index (χ1) is 5.41. The Kier molecular flexibility index (Phi) is 2.66. The molecule has 2 nitrogen and oxygen atoms in total. The van der Waals surface area contributed by atoms with E-state index >= 15 is 0 Å². The molecule has 1 rings (SSSR count). The maximum atomic E-state index is 11.5. The Morgan fingerprint density at radius 2 is 1.92 bits per heavy atom. The van der Waals surface area contributed by atoms with Crippen LogP contribution in [0.5, 0.6) is 0 Å². The van der Waals surface area contributed by atoms with Crippen LogP contribution in [-0.4, -0.2) is 18.4 Å². The molecule has 0 aliphatic heterocycles. The van der Waals surface area contributed by atoms with Crippen molar-refractivity contribution < 1.29 is 4.42 Å². The molecule has 12 heavy (non-hydrogen) atoms. The van der Waals surface area contributed by atoms with E-state index in [1.54, 1.807) is 19.3 Å². The molecule has 0 saturated carbocycles. The van der Waals surface area contributed by atoms with E-state index < -0.39 is 18.4 Å². The molecule has 0 saturated heterocycles. The standard InChI is InChI=1S/C6H5O2.3CH3.Sn/c1-5-4-6(7)2-3-8-5;;;;/h3-4H,1H3;3*1H3;. The normalized spacial score (nSPS) is 11.7. The van der Waals surface area contributed by atoms with Crippen LogP contribution < -0.4 is 9.01 Å². The van der Waals surface area contributed by atoms with Gasteiger partial charge in [0.1, 0.15) is 0 Å². The summed E-state index contributed by atoms with van der Waals surface area (Å²) in [4.78, 5) is 18.1. The zero-order chi connectivity index (χ0) is 9.35. The van der Waals surface area contributed by atoms with Crippen LogP contribution in [0.25, 0.3) is 0 Å². The van der Waals surface area contributed by atoms with Crippen LogP contribution in [0.1, 0.15) is 5.76 Å². The summed E-state index contributed by atoms with van der Waals surface area (Å²) in [5.74, 6) is 0.694. The van der Waals surface area contributed by atoms with Crippen LogP contribution in [-0.2, 0) is 0 Å². The summed E-state index contributed by atoms with van der Waals surface area (Å²) in [6, 6.07) is 1.58. The van der Waals surface area contributed by atoms with Gasteiger partial charge in [-0.1, -0.05) is 0 Å². The fraction of sp³-hybridized carbons (Fsp3) is 0.444. The third-order valence-electron chi connectivity index (χ3n) is 1.77. The Bertz CT molecular complexity index is 333. The van der Waals surface area contributed by atoms with Crippen molar-refractivity contribution in [2.75, 3.05) is 0 Å². The van der Waals surface area contributed by atoms with Crippen molar-refractivity contribution in [1.82, 2.24) is 0 Å². The molecule has 3 heteroatoms. The van der Waals surface area contributed by atoms with E-state index in [9.17, 15) is 4.79 Å². The van der Waals surface area contributed by atoms with Gasteiger partial charge in [-0.3, -0.25) is 0 Å². The van der Waals surface area contributed by atoms with E-state index in [2.05, 4.69) is 14.8 Å². The first-order valence-electron chi connectivity index (χ1n) is 4.01. The summed E-state index contributed by atoms with van der Waals surface area (Å²) < 4.78 is 6.16. The fourth-order valence-electron chi connectivity index (χ4n) is 1.05. The summed E-state index contributed by atoms with van der Waals surface area (Å²) in [5, 5.41) is 0. The summed E-state index contributed by atoms with van der Waals surface area (Å²) in [5.41, 5.74) is 0.155. The van der Waals surface area contributed by atoms with Gasteiger partial charge < -0.3 is 0 Å². The average Bonchev–Trinajstić information content (AvgIpc) is 1.83. The van der Waals surface area contributed by atoms with Crippen LogP contribution in [0.4, 0.5) is 0 Å². The van der Waals surface area contributed by atoms with E-state index in [1.807, 2.05) is 0 Å². The summed E-state index contributed by atoms with van der Waals surface area (Å²) in [6.07, 6.45) is 1.65. The SMILES string of the molecule is Cc1cc(=O)[c]([Sn]([CH3])([CH3])[CH3])co1. The fourth-order valence-corrected chi connectivity index (χ4v) is 4.55. The van der Waals surface area contributed by atoms with Crippen molar-refractivity contribution in [2.45, 2.75) is 21.7 Å². The van der Waals surface area contributed by atoms with Crippen LogP contribution in [0.3, 0.4) is 0 Å². The van der Waals surface area contributed by atoms with Gasteiger partial charge in [0.15, 0.2) is 0 Å². The Morgan fingerprint density at radius 1 is 1.33 bits per heavy atom. The van der Waals surface area contributed by atoms with Gasteiger partial charge in [0.25, 0.3) is 0 Å². The molecule has 1 heterocycles. The second kappa shape index (κ2) is 3.24. The Morgan fingerprint density at radius 3 is 2.33 bits per heavy atom. The molecule has 0 unspecified atom stereocenters. The molecule has 1 aromatic rings. The van der Waals surface area contributed by atoms with E-state index in [-0.39, 0.29) is 5.43 Å². The number of aryl methyl sites for hydroxylation is 1. The van der Waals surface area contributed by atoms with E-state index in [1.165, 1.54) is 0 Å². The molecule has 1 aromatic heterocycles. The van der Waals surface area contributed by atoms with Crippen LogP contribution in [0.15, 0.2) is 21.5 Å². The van der Waals surface area contributed by atoms with Crippen molar-refractivity contribution in [1.29, 1.82) is 0 Å². The first kappa shape index (κ1) is 9.83. The molecule has 0 aliphatic rings. The van der Waals surface area contributed by atoms with Crippen molar-refractivity contribution >= 4 is 22.0 Å². The van der Waals surface area contributed by atoms with Gasteiger partial charge in [0.05, 0.1) is 0 Å². The van der Waals surface area contributed by atoms with Gasteiger partial charge in [0.2, 0.25) is 0 Å². The topological polar surface area (TPSA) is 30.2 Å². The third kappa shape index (κ3) is 2.12. The second-order valence-corrected chi connectivity index (χ2v) is 18.4. The number of hydrogen-bond donors (Lipinski definition) is 0. The minimum absolute atomic E-state index is 0.155. The van der Waals surface area contributed by atoms with Gasteiger partial charge in [-0.05, 0) is 0 Å². The Labute approximate surface area is 76.5 Å². The monoisotopic (exact) mass is 274 g/mol. The molecule has 0 fully saturated rings. The molecule has 0 atom stereocenters. The molecular formula is C9H14O2Sn. The average molecular weight is 273 g/mol. The molecule has 0 radical (unpaired) electrons. The predicted octanol–water partition coefficient (Wildman–Crippen LogP) is 1.49. The Hall–Kier alpha value is -0.251. The quantitative estimate of drug-likeness (QED) is 0.726. The van der Waals surface area contributed by atoms with Gasteiger partial charge in [-0.25, -0.2) is 0 Å². The van der Waals surface area contributed by atoms with Crippen molar-refractivity contribution in [3.8, 4) is 0 Å². The minimum atomic E-state index is -2.21. The molecule has 66 valence electrons. The predicted molar refractivity (Wildman–Crippen MR) is 52.7 cm³/mol. The zero-order valence-corrected chi connectivity index (χ0v) is 10.8. The molecule has 0 N–H and O–H groups in total. The number of hydrogen-bond acceptors (Lipinski definition) is 2. The summed E-state index contributed by atoms with van der Waals surface area (Å²) >= 11 is -2.21. The van der Waals surface area contributed by atoms with Crippen molar-refractivity contribution in [3.63, 3.8) is 0 Å².